The highest BCUT2D eigenvalue weighted by Gasteiger charge is 2.27. The number of nitrogens with one attached hydrogen (secondary N) is 1. The van der Waals surface area contributed by atoms with Crippen molar-refractivity contribution < 1.29 is 18.3 Å². The lowest BCUT2D eigenvalue weighted by Crippen LogP contribution is -2.31. The third-order valence-corrected chi connectivity index (χ3v) is 7.11. The number of phenols is 1. The molecule has 1 aliphatic heterocycles. The molecule has 2 N–H and O–H groups in total. The van der Waals surface area contributed by atoms with E-state index in [1.807, 2.05) is 0 Å². The molecule has 1 fully saturated rings. The monoisotopic (exact) mass is 380 g/mol. The summed E-state index contributed by atoms with van der Waals surface area (Å²) in [5.41, 5.74) is 0.290. The average molecular weight is 380 g/mol. The minimum absolute atomic E-state index is 0.0372. The minimum atomic E-state index is -3.56. The molecule has 2 aromatic rings. The van der Waals surface area contributed by atoms with E-state index in [-0.39, 0.29) is 21.2 Å². The largest absolute Gasteiger partial charge is 0.506 e. The molecule has 1 aromatic carbocycles. The number of rotatable bonds is 4. The van der Waals surface area contributed by atoms with E-state index in [0.717, 1.165) is 37.0 Å². The number of benzene rings is 1. The van der Waals surface area contributed by atoms with Crippen LogP contribution in [0.3, 0.4) is 0 Å². The van der Waals surface area contributed by atoms with Gasteiger partial charge in [-0.05, 0) is 31.0 Å². The first kappa shape index (κ1) is 17.9. The van der Waals surface area contributed by atoms with Crippen molar-refractivity contribution in [2.24, 2.45) is 0 Å². The van der Waals surface area contributed by atoms with E-state index < -0.39 is 15.9 Å². The summed E-state index contributed by atoms with van der Waals surface area (Å²) in [5.74, 6) is -0.478. The van der Waals surface area contributed by atoms with Gasteiger partial charge >= 0.3 is 0 Å². The van der Waals surface area contributed by atoms with E-state index >= 15 is 0 Å². The van der Waals surface area contributed by atoms with E-state index in [1.54, 1.807) is 18.2 Å². The standard InChI is InChI=1S/C17H20N2O4S2/c20-15-8-4-3-7-14(15)18-17(21)16-11-13(12-24-16)25(22,23)19-9-5-1-2-6-10-19/h3-4,7-8,11-12,20H,1-2,5-6,9-10H2,(H,18,21). The Labute approximate surface area is 151 Å². The van der Waals surface area contributed by atoms with Gasteiger partial charge in [-0.2, -0.15) is 4.31 Å². The maximum Gasteiger partial charge on any atom is 0.265 e. The molecule has 8 heteroatoms. The van der Waals surface area contributed by atoms with Crippen LogP contribution in [0.25, 0.3) is 0 Å². The van der Waals surface area contributed by atoms with Crippen LogP contribution >= 0.6 is 11.3 Å². The SMILES string of the molecule is O=C(Nc1ccccc1O)c1cc(S(=O)(=O)N2CCCCCC2)cs1. The molecule has 1 saturated heterocycles. The molecule has 1 aliphatic rings. The molecule has 0 unspecified atom stereocenters. The lowest BCUT2D eigenvalue weighted by atomic mass is 10.2. The van der Waals surface area contributed by atoms with Gasteiger partial charge in [0.1, 0.15) is 5.75 Å². The molecule has 0 atom stereocenters. The topological polar surface area (TPSA) is 86.7 Å². The Hall–Kier alpha value is -1.90. The fourth-order valence-electron chi connectivity index (χ4n) is 2.77. The summed E-state index contributed by atoms with van der Waals surface area (Å²) >= 11 is 1.08. The van der Waals surface area contributed by atoms with Crippen molar-refractivity contribution in [3.05, 3.63) is 40.6 Å². The van der Waals surface area contributed by atoms with Crippen molar-refractivity contribution >= 4 is 33.0 Å². The fraction of sp³-hybridized carbons (Fsp3) is 0.353. The molecule has 134 valence electrons. The Kier molecular flexibility index (Phi) is 5.41. The maximum atomic E-state index is 12.7. The Balaban J connectivity index is 1.77. The summed E-state index contributed by atoms with van der Waals surface area (Å²) in [7, 11) is -3.56. The number of carbonyl (C=O) groups excluding carboxylic acids is 1. The second kappa shape index (κ2) is 7.55. The van der Waals surface area contributed by atoms with Crippen LogP contribution in [0, 0.1) is 0 Å². The summed E-state index contributed by atoms with van der Waals surface area (Å²) in [4.78, 5) is 12.8. The van der Waals surface area contributed by atoms with E-state index in [1.165, 1.54) is 21.8 Å². The van der Waals surface area contributed by atoms with Gasteiger partial charge in [-0.15, -0.1) is 11.3 Å². The number of aromatic hydroxyl groups is 1. The zero-order valence-corrected chi connectivity index (χ0v) is 15.3. The zero-order chi connectivity index (χ0) is 17.9. The summed E-state index contributed by atoms with van der Waals surface area (Å²) in [6, 6.07) is 7.80. The molecule has 1 amide bonds. The van der Waals surface area contributed by atoms with Crippen LogP contribution in [0.2, 0.25) is 0 Å². The van der Waals surface area contributed by atoms with Crippen LogP contribution in [0.1, 0.15) is 35.4 Å². The van der Waals surface area contributed by atoms with Crippen LogP contribution in [-0.4, -0.2) is 36.8 Å². The summed E-state index contributed by atoms with van der Waals surface area (Å²) in [6.45, 7) is 1.05. The predicted molar refractivity (Wildman–Crippen MR) is 97.6 cm³/mol. The molecule has 0 saturated carbocycles. The van der Waals surface area contributed by atoms with Gasteiger partial charge in [0.15, 0.2) is 0 Å². The average Bonchev–Trinajstić information content (AvgIpc) is 2.93. The number of hydrogen-bond donors (Lipinski definition) is 2. The van der Waals surface area contributed by atoms with Crippen molar-refractivity contribution in [2.75, 3.05) is 18.4 Å². The van der Waals surface area contributed by atoms with Crippen molar-refractivity contribution in [3.63, 3.8) is 0 Å². The van der Waals surface area contributed by atoms with Crippen LogP contribution in [-0.2, 0) is 10.0 Å². The van der Waals surface area contributed by atoms with Gasteiger partial charge in [0, 0.05) is 18.5 Å². The smallest absolute Gasteiger partial charge is 0.265 e. The number of amides is 1. The number of sulfonamides is 1. The Morgan fingerprint density at radius 2 is 1.80 bits per heavy atom. The Morgan fingerprint density at radius 3 is 2.48 bits per heavy atom. The van der Waals surface area contributed by atoms with E-state index in [2.05, 4.69) is 5.32 Å². The van der Waals surface area contributed by atoms with Gasteiger partial charge in [0.05, 0.1) is 15.5 Å². The first-order valence-corrected chi connectivity index (χ1v) is 10.5. The molecule has 6 nitrogen and oxygen atoms in total. The number of para-hydroxylation sites is 2. The van der Waals surface area contributed by atoms with Crippen LogP contribution in [0.5, 0.6) is 5.75 Å². The molecule has 0 bridgehead atoms. The molecule has 0 spiro atoms. The van der Waals surface area contributed by atoms with Crippen LogP contribution in [0.15, 0.2) is 40.6 Å². The highest BCUT2D eigenvalue weighted by atomic mass is 32.2. The van der Waals surface area contributed by atoms with Gasteiger partial charge in [-0.1, -0.05) is 25.0 Å². The van der Waals surface area contributed by atoms with Crippen molar-refractivity contribution in [1.82, 2.24) is 4.31 Å². The quantitative estimate of drug-likeness (QED) is 0.797. The number of nitrogens with zero attached hydrogens (tertiary/aromatic N) is 1. The molecular formula is C17H20N2O4S2. The molecule has 0 aliphatic carbocycles. The minimum Gasteiger partial charge on any atom is -0.506 e. The summed E-state index contributed by atoms with van der Waals surface area (Å²) < 4.78 is 27.0. The van der Waals surface area contributed by atoms with E-state index in [4.69, 9.17) is 0 Å². The molecule has 3 rings (SSSR count). The first-order chi connectivity index (χ1) is 12.0. The number of thiophene rings is 1. The third kappa shape index (κ3) is 4.02. The normalized spacial score (nSPS) is 16.3. The van der Waals surface area contributed by atoms with Gasteiger partial charge in [-0.25, -0.2) is 8.42 Å². The number of carbonyl (C=O) groups is 1. The van der Waals surface area contributed by atoms with Gasteiger partial charge < -0.3 is 10.4 Å². The number of anilines is 1. The summed E-state index contributed by atoms with van der Waals surface area (Å²) in [5, 5.41) is 13.8. The van der Waals surface area contributed by atoms with Crippen LogP contribution in [0.4, 0.5) is 5.69 Å². The van der Waals surface area contributed by atoms with E-state index in [0.29, 0.717) is 13.1 Å². The van der Waals surface area contributed by atoms with E-state index in [9.17, 15) is 18.3 Å². The molecule has 0 radical (unpaired) electrons. The molecular weight excluding hydrogens is 360 g/mol. The molecule has 25 heavy (non-hydrogen) atoms. The molecule has 2 heterocycles. The van der Waals surface area contributed by atoms with Crippen molar-refractivity contribution in [2.45, 2.75) is 30.6 Å². The third-order valence-electron chi connectivity index (χ3n) is 4.15. The number of phenolic OH excluding ortho intramolecular Hbond substituents is 1. The van der Waals surface area contributed by atoms with Crippen molar-refractivity contribution in [1.29, 1.82) is 0 Å². The van der Waals surface area contributed by atoms with Crippen LogP contribution < -0.4 is 5.32 Å². The molecule has 1 aromatic heterocycles. The Morgan fingerprint density at radius 1 is 1.12 bits per heavy atom. The predicted octanol–water partition coefficient (Wildman–Crippen LogP) is 3.27. The maximum absolute atomic E-state index is 12.7. The lowest BCUT2D eigenvalue weighted by molar-refractivity contribution is 0.103. The van der Waals surface area contributed by atoms with Gasteiger partial charge in [0.2, 0.25) is 10.0 Å². The second-order valence-corrected chi connectivity index (χ2v) is 8.79. The van der Waals surface area contributed by atoms with Gasteiger partial charge in [-0.3, -0.25) is 4.79 Å². The second-order valence-electron chi connectivity index (χ2n) is 5.94. The summed E-state index contributed by atoms with van der Waals surface area (Å²) in [6.07, 6.45) is 3.82. The highest BCUT2D eigenvalue weighted by Crippen LogP contribution is 2.27. The zero-order valence-electron chi connectivity index (χ0n) is 13.6. The van der Waals surface area contributed by atoms with Gasteiger partial charge in [0.25, 0.3) is 5.91 Å². The van der Waals surface area contributed by atoms with Crippen molar-refractivity contribution in [3.8, 4) is 5.75 Å². The highest BCUT2D eigenvalue weighted by molar-refractivity contribution is 7.89. The Bertz CT molecular complexity index is 853. The number of hydrogen-bond acceptors (Lipinski definition) is 5. The fourth-order valence-corrected chi connectivity index (χ4v) is 5.44. The first-order valence-electron chi connectivity index (χ1n) is 8.16. The lowest BCUT2D eigenvalue weighted by Gasteiger charge is -2.18.